The highest BCUT2D eigenvalue weighted by Crippen LogP contribution is 2.14. The minimum Gasteiger partial charge on any atom is -0.297 e. The lowest BCUT2D eigenvalue weighted by Crippen LogP contribution is -2.16. The number of aromatic nitrogens is 2. The summed E-state index contributed by atoms with van der Waals surface area (Å²) in [6.45, 7) is 0.384. The van der Waals surface area contributed by atoms with Gasteiger partial charge in [0.25, 0.3) is 5.91 Å². The molecule has 2 aromatic carbocycles. The molecule has 1 heterocycles. The van der Waals surface area contributed by atoms with Crippen LogP contribution < -0.4 is 11.0 Å². The highest BCUT2D eigenvalue weighted by molar-refractivity contribution is 7.10. The van der Waals surface area contributed by atoms with E-state index in [1.165, 1.54) is 3.96 Å². The molecule has 5 nitrogen and oxygen atoms in total. The van der Waals surface area contributed by atoms with Crippen LogP contribution in [0.1, 0.15) is 15.9 Å². The maximum atomic E-state index is 12.1. The molecular formula is C16H12ClN3O2S. The molecule has 0 radical (unpaired) electrons. The molecule has 0 aliphatic rings. The molecule has 0 spiro atoms. The van der Waals surface area contributed by atoms with Crippen molar-refractivity contribution in [3.63, 3.8) is 0 Å². The van der Waals surface area contributed by atoms with Crippen LogP contribution in [0, 0.1) is 0 Å². The van der Waals surface area contributed by atoms with E-state index in [9.17, 15) is 9.59 Å². The van der Waals surface area contributed by atoms with Crippen molar-refractivity contribution in [2.45, 2.75) is 6.54 Å². The Labute approximate surface area is 141 Å². The topological polar surface area (TPSA) is 64.0 Å². The predicted octanol–water partition coefficient (Wildman–Crippen LogP) is 3.26. The van der Waals surface area contributed by atoms with Crippen molar-refractivity contribution in [1.82, 2.24) is 8.94 Å². The number of hydrogen-bond donors (Lipinski definition) is 1. The molecule has 1 aromatic heterocycles. The maximum absolute atomic E-state index is 12.1. The monoisotopic (exact) mass is 345 g/mol. The Bertz CT molecular complexity index is 872. The Balaban J connectivity index is 1.74. The molecule has 0 aliphatic heterocycles. The van der Waals surface area contributed by atoms with Gasteiger partial charge in [-0.2, -0.15) is 4.98 Å². The largest absolute Gasteiger partial charge is 0.360 e. The molecule has 0 bridgehead atoms. The van der Waals surface area contributed by atoms with Crippen molar-refractivity contribution in [2.24, 2.45) is 0 Å². The van der Waals surface area contributed by atoms with Crippen molar-refractivity contribution < 1.29 is 4.79 Å². The molecule has 1 N–H and O–H groups in total. The van der Waals surface area contributed by atoms with E-state index in [1.807, 2.05) is 18.2 Å². The molecule has 0 fully saturated rings. The van der Waals surface area contributed by atoms with E-state index in [1.54, 1.807) is 36.4 Å². The molecule has 7 heteroatoms. The van der Waals surface area contributed by atoms with Gasteiger partial charge in [-0.15, -0.1) is 0 Å². The Morgan fingerprint density at radius 2 is 1.83 bits per heavy atom. The number of rotatable bonds is 4. The van der Waals surface area contributed by atoms with Gasteiger partial charge in [0.1, 0.15) is 0 Å². The first kappa shape index (κ1) is 15.5. The Hall–Kier alpha value is -2.44. The van der Waals surface area contributed by atoms with Gasteiger partial charge in [-0.25, -0.2) is 8.75 Å². The van der Waals surface area contributed by atoms with Crippen molar-refractivity contribution in [3.8, 4) is 0 Å². The van der Waals surface area contributed by atoms with Crippen molar-refractivity contribution in [3.05, 3.63) is 81.2 Å². The zero-order valence-corrected chi connectivity index (χ0v) is 13.5. The zero-order valence-electron chi connectivity index (χ0n) is 11.9. The molecular weight excluding hydrogens is 334 g/mol. The number of hydrogen-bond acceptors (Lipinski definition) is 4. The molecule has 0 saturated heterocycles. The van der Waals surface area contributed by atoms with Gasteiger partial charge in [0.05, 0.1) is 6.54 Å². The van der Waals surface area contributed by atoms with Crippen LogP contribution in [0.3, 0.4) is 0 Å². The van der Waals surface area contributed by atoms with Crippen LogP contribution in [0.2, 0.25) is 5.02 Å². The van der Waals surface area contributed by atoms with Crippen LogP contribution >= 0.6 is 23.1 Å². The molecule has 23 heavy (non-hydrogen) atoms. The molecule has 3 rings (SSSR count). The van der Waals surface area contributed by atoms with Crippen LogP contribution in [-0.4, -0.2) is 14.8 Å². The predicted molar refractivity (Wildman–Crippen MR) is 91.3 cm³/mol. The normalized spacial score (nSPS) is 10.5. The minimum absolute atomic E-state index is 0.276. The average Bonchev–Trinajstić information content (AvgIpc) is 2.90. The second-order valence-corrected chi connectivity index (χ2v) is 6.22. The van der Waals surface area contributed by atoms with Gasteiger partial charge in [0.15, 0.2) is 0 Å². The summed E-state index contributed by atoms with van der Waals surface area (Å²) in [5.41, 5.74) is 1.05. The van der Waals surface area contributed by atoms with Crippen LogP contribution in [0.4, 0.5) is 5.13 Å². The molecule has 116 valence electrons. The molecule has 1 amide bonds. The first-order chi connectivity index (χ1) is 11.1. The lowest BCUT2D eigenvalue weighted by Gasteiger charge is -2.01. The number of nitrogens with one attached hydrogen (secondary N) is 1. The van der Waals surface area contributed by atoms with Gasteiger partial charge < -0.3 is 0 Å². The summed E-state index contributed by atoms with van der Waals surface area (Å²) >= 11 is 6.95. The number of benzene rings is 2. The van der Waals surface area contributed by atoms with E-state index < -0.39 is 5.69 Å². The molecule has 0 atom stereocenters. The summed E-state index contributed by atoms with van der Waals surface area (Å²) in [6, 6.07) is 16.0. The van der Waals surface area contributed by atoms with Crippen molar-refractivity contribution in [1.29, 1.82) is 0 Å². The van der Waals surface area contributed by atoms with Crippen LogP contribution in [0.15, 0.2) is 59.4 Å². The number of carbonyl (C=O) groups excluding carboxylic acids is 1. The Morgan fingerprint density at radius 3 is 2.52 bits per heavy atom. The molecule has 0 unspecified atom stereocenters. The summed E-state index contributed by atoms with van der Waals surface area (Å²) in [6.07, 6.45) is 0. The summed E-state index contributed by atoms with van der Waals surface area (Å²) in [5, 5.41) is 3.56. The van der Waals surface area contributed by atoms with Gasteiger partial charge in [-0.3, -0.25) is 10.1 Å². The van der Waals surface area contributed by atoms with Gasteiger partial charge in [-0.1, -0.05) is 41.9 Å². The van der Waals surface area contributed by atoms with Gasteiger partial charge in [-0.05, 0) is 41.4 Å². The molecule has 0 saturated carbocycles. The number of anilines is 1. The fourth-order valence-electron chi connectivity index (χ4n) is 1.97. The second-order valence-electron chi connectivity index (χ2n) is 4.77. The fourth-order valence-corrected chi connectivity index (χ4v) is 2.90. The summed E-state index contributed by atoms with van der Waals surface area (Å²) in [7, 11) is 0. The first-order valence-corrected chi connectivity index (χ1v) is 7.96. The van der Waals surface area contributed by atoms with Crippen LogP contribution in [0.25, 0.3) is 0 Å². The number of amides is 1. The van der Waals surface area contributed by atoms with E-state index in [0.717, 1.165) is 17.1 Å². The lowest BCUT2D eigenvalue weighted by atomic mass is 10.2. The number of nitrogens with zero attached hydrogens (tertiary/aromatic N) is 2. The smallest absolute Gasteiger partial charge is 0.297 e. The minimum atomic E-state index is -0.395. The fraction of sp³-hybridized carbons (Fsp3) is 0.0625. The number of carbonyl (C=O) groups is 1. The Kier molecular flexibility index (Phi) is 4.55. The van der Waals surface area contributed by atoms with Gasteiger partial charge in [0, 0.05) is 10.6 Å². The van der Waals surface area contributed by atoms with Crippen molar-refractivity contribution >= 4 is 34.2 Å². The zero-order chi connectivity index (χ0) is 16.2. The van der Waals surface area contributed by atoms with E-state index in [0.29, 0.717) is 17.1 Å². The number of halogens is 1. The van der Waals surface area contributed by atoms with Crippen molar-refractivity contribution in [2.75, 3.05) is 5.32 Å². The van der Waals surface area contributed by atoms with E-state index >= 15 is 0 Å². The van der Waals surface area contributed by atoms with Gasteiger partial charge >= 0.3 is 5.69 Å². The maximum Gasteiger partial charge on any atom is 0.360 e. The quantitative estimate of drug-likeness (QED) is 0.789. The van der Waals surface area contributed by atoms with E-state index in [4.69, 9.17) is 11.6 Å². The second kappa shape index (κ2) is 6.76. The third-order valence-corrected chi connectivity index (χ3v) is 4.23. The summed E-state index contributed by atoms with van der Waals surface area (Å²) < 4.78 is 1.48. The molecule has 3 aromatic rings. The van der Waals surface area contributed by atoms with Crippen LogP contribution in [-0.2, 0) is 6.54 Å². The first-order valence-electron chi connectivity index (χ1n) is 6.81. The Morgan fingerprint density at radius 1 is 1.13 bits per heavy atom. The highest BCUT2D eigenvalue weighted by Gasteiger charge is 2.11. The average molecular weight is 346 g/mol. The molecule has 0 aliphatic carbocycles. The summed E-state index contributed by atoms with van der Waals surface area (Å²) in [4.78, 5) is 27.8. The van der Waals surface area contributed by atoms with E-state index in [2.05, 4.69) is 10.3 Å². The standard InChI is InChI=1S/C16H12ClN3O2S/c17-13-8-6-11(7-9-13)10-20-16(22)19-15(23-20)18-14(21)12-4-2-1-3-5-12/h1-9H,10H2,(H,18,19,21,22). The highest BCUT2D eigenvalue weighted by atomic mass is 35.5. The van der Waals surface area contributed by atoms with E-state index in [-0.39, 0.29) is 11.0 Å². The summed E-state index contributed by atoms with van der Waals surface area (Å²) in [5.74, 6) is -0.294. The third-order valence-electron chi connectivity index (χ3n) is 3.10. The third kappa shape index (κ3) is 3.85. The van der Waals surface area contributed by atoms with Gasteiger partial charge in [0.2, 0.25) is 5.13 Å². The SMILES string of the molecule is O=C(Nc1nc(=O)n(Cc2ccc(Cl)cc2)s1)c1ccccc1. The van der Waals surface area contributed by atoms with Crippen LogP contribution in [0.5, 0.6) is 0 Å². The lowest BCUT2D eigenvalue weighted by molar-refractivity contribution is 0.102.